The van der Waals surface area contributed by atoms with E-state index in [1.165, 1.54) is 30.1 Å². The van der Waals surface area contributed by atoms with Crippen molar-refractivity contribution in [1.82, 2.24) is 15.0 Å². The molecule has 8 heteroatoms. The van der Waals surface area contributed by atoms with Crippen LogP contribution in [0.5, 0.6) is 5.75 Å². The standard InChI is InChI=1S/C20H20Cl2N4O2/c1-26(18-13(21)9-23-10-14(18)22)20(27)12-7-8-15(28-2)17-16(12)24-19(25-17)11-5-3-4-6-11/h7-11H,3-6H2,1-2H3,(H,24,25). The summed E-state index contributed by atoms with van der Waals surface area (Å²) in [7, 11) is 3.24. The molecule has 0 spiro atoms. The molecule has 1 saturated carbocycles. The van der Waals surface area contributed by atoms with Crippen molar-refractivity contribution in [2.24, 2.45) is 0 Å². The van der Waals surface area contributed by atoms with Crippen LogP contribution >= 0.6 is 23.2 Å². The van der Waals surface area contributed by atoms with Crippen LogP contribution in [-0.4, -0.2) is 35.0 Å². The van der Waals surface area contributed by atoms with Crippen LogP contribution in [0, 0.1) is 0 Å². The van der Waals surface area contributed by atoms with Gasteiger partial charge in [0.2, 0.25) is 0 Å². The van der Waals surface area contributed by atoms with E-state index < -0.39 is 0 Å². The Morgan fingerprint density at radius 1 is 1.21 bits per heavy atom. The molecule has 146 valence electrons. The van der Waals surface area contributed by atoms with Crippen molar-refractivity contribution in [2.45, 2.75) is 31.6 Å². The lowest BCUT2D eigenvalue weighted by Crippen LogP contribution is -2.27. The van der Waals surface area contributed by atoms with Gasteiger partial charge in [-0.2, -0.15) is 0 Å². The largest absolute Gasteiger partial charge is 0.494 e. The molecule has 2 heterocycles. The van der Waals surface area contributed by atoms with E-state index in [2.05, 4.69) is 9.97 Å². The zero-order valence-electron chi connectivity index (χ0n) is 15.6. The van der Waals surface area contributed by atoms with Crippen LogP contribution in [0.15, 0.2) is 24.5 Å². The van der Waals surface area contributed by atoms with E-state index in [9.17, 15) is 4.79 Å². The Morgan fingerprint density at radius 2 is 1.89 bits per heavy atom. The smallest absolute Gasteiger partial charge is 0.260 e. The van der Waals surface area contributed by atoms with Gasteiger partial charge in [0, 0.05) is 25.4 Å². The van der Waals surface area contributed by atoms with Crippen LogP contribution in [0.25, 0.3) is 11.0 Å². The minimum atomic E-state index is -0.257. The highest BCUT2D eigenvalue weighted by atomic mass is 35.5. The molecule has 2 aromatic heterocycles. The summed E-state index contributed by atoms with van der Waals surface area (Å²) in [5, 5.41) is 0.614. The van der Waals surface area contributed by atoms with Gasteiger partial charge in [-0.25, -0.2) is 4.98 Å². The molecular weight excluding hydrogens is 399 g/mol. The number of benzene rings is 1. The SMILES string of the molecule is COc1ccc(C(=O)N(C)c2c(Cl)cncc2Cl)c2nc(C3CCCC3)[nH]c12. The van der Waals surface area contributed by atoms with Crippen molar-refractivity contribution in [2.75, 3.05) is 19.1 Å². The number of aromatic nitrogens is 3. The maximum atomic E-state index is 13.3. The topological polar surface area (TPSA) is 71.1 Å². The van der Waals surface area contributed by atoms with Gasteiger partial charge >= 0.3 is 0 Å². The maximum Gasteiger partial charge on any atom is 0.260 e. The zero-order chi connectivity index (χ0) is 19.8. The number of nitrogens with one attached hydrogen (secondary N) is 1. The number of hydrogen-bond acceptors (Lipinski definition) is 4. The monoisotopic (exact) mass is 418 g/mol. The molecule has 1 aromatic carbocycles. The van der Waals surface area contributed by atoms with Gasteiger partial charge in [-0.05, 0) is 25.0 Å². The van der Waals surface area contributed by atoms with E-state index in [4.69, 9.17) is 32.9 Å². The number of anilines is 1. The fourth-order valence-corrected chi connectivity index (χ4v) is 4.45. The highest BCUT2D eigenvalue weighted by molar-refractivity contribution is 6.40. The molecule has 0 bridgehead atoms. The van der Waals surface area contributed by atoms with Crippen LogP contribution in [0.2, 0.25) is 10.0 Å². The Hall–Kier alpha value is -2.31. The van der Waals surface area contributed by atoms with E-state index in [-0.39, 0.29) is 5.91 Å². The van der Waals surface area contributed by atoms with Gasteiger partial charge in [-0.1, -0.05) is 36.0 Å². The molecule has 1 fully saturated rings. The van der Waals surface area contributed by atoms with Gasteiger partial charge in [0.05, 0.1) is 28.4 Å². The van der Waals surface area contributed by atoms with Gasteiger partial charge in [-0.15, -0.1) is 0 Å². The molecule has 0 radical (unpaired) electrons. The number of fused-ring (bicyclic) bond motifs is 1. The lowest BCUT2D eigenvalue weighted by Gasteiger charge is -2.20. The van der Waals surface area contributed by atoms with Crippen LogP contribution in [0.4, 0.5) is 5.69 Å². The molecule has 28 heavy (non-hydrogen) atoms. The van der Waals surface area contributed by atoms with E-state index in [1.54, 1.807) is 26.3 Å². The highest BCUT2D eigenvalue weighted by Gasteiger charge is 2.26. The minimum Gasteiger partial charge on any atom is -0.494 e. The summed E-state index contributed by atoms with van der Waals surface area (Å²) in [6.07, 6.45) is 7.53. The van der Waals surface area contributed by atoms with Crippen molar-refractivity contribution in [1.29, 1.82) is 0 Å². The van der Waals surface area contributed by atoms with E-state index in [1.807, 2.05) is 0 Å². The van der Waals surface area contributed by atoms with Gasteiger partial charge < -0.3 is 14.6 Å². The number of carbonyl (C=O) groups excluding carboxylic acids is 1. The third-order valence-electron chi connectivity index (χ3n) is 5.29. The molecule has 1 aliphatic rings. The van der Waals surface area contributed by atoms with Crippen LogP contribution in [0.1, 0.15) is 47.8 Å². The van der Waals surface area contributed by atoms with Gasteiger partial charge in [0.25, 0.3) is 5.91 Å². The average Bonchev–Trinajstić information content (AvgIpc) is 3.36. The van der Waals surface area contributed by atoms with Gasteiger partial charge in [-0.3, -0.25) is 9.78 Å². The van der Waals surface area contributed by atoms with Crippen LogP contribution in [0.3, 0.4) is 0 Å². The number of methoxy groups -OCH3 is 1. The number of amides is 1. The molecular formula is C20H20Cl2N4O2. The number of imidazole rings is 1. The number of hydrogen-bond donors (Lipinski definition) is 1. The summed E-state index contributed by atoms with van der Waals surface area (Å²) < 4.78 is 5.47. The lowest BCUT2D eigenvalue weighted by molar-refractivity contribution is 0.0994. The summed E-state index contributed by atoms with van der Waals surface area (Å²) in [6, 6.07) is 3.50. The Labute approximate surface area is 172 Å². The number of ether oxygens (including phenoxy) is 1. The molecule has 3 aromatic rings. The fourth-order valence-electron chi connectivity index (χ4n) is 3.83. The minimum absolute atomic E-state index is 0.257. The van der Waals surface area contributed by atoms with Crippen LogP contribution < -0.4 is 9.64 Å². The summed E-state index contributed by atoms with van der Waals surface area (Å²) in [5.74, 6) is 1.70. The lowest BCUT2D eigenvalue weighted by atomic mass is 10.1. The van der Waals surface area contributed by atoms with Crippen molar-refractivity contribution in [3.05, 3.63) is 46.0 Å². The van der Waals surface area contributed by atoms with Crippen LogP contribution in [-0.2, 0) is 0 Å². The highest BCUT2D eigenvalue weighted by Crippen LogP contribution is 2.37. The molecule has 4 rings (SSSR count). The summed E-state index contributed by atoms with van der Waals surface area (Å²) in [4.78, 5) is 26.8. The molecule has 0 unspecified atom stereocenters. The average molecular weight is 419 g/mol. The van der Waals surface area contributed by atoms with Gasteiger partial charge in [0.15, 0.2) is 0 Å². The first-order valence-corrected chi connectivity index (χ1v) is 9.90. The first-order valence-electron chi connectivity index (χ1n) is 9.15. The Bertz CT molecular complexity index is 1020. The van der Waals surface area contributed by atoms with Crippen molar-refractivity contribution in [3.8, 4) is 5.75 Å². The molecule has 0 aliphatic heterocycles. The number of pyridine rings is 1. The van der Waals surface area contributed by atoms with E-state index >= 15 is 0 Å². The predicted molar refractivity (Wildman–Crippen MR) is 111 cm³/mol. The number of carbonyl (C=O) groups is 1. The first-order chi connectivity index (χ1) is 13.5. The maximum absolute atomic E-state index is 13.3. The Balaban J connectivity index is 1.80. The van der Waals surface area contributed by atoms with Crippen molar-refractivity contribution in [3.63, 3.8) is 0 Å². The second-order valence-electron chi connectivity index (χ2n) is 6.96. The quantitative estimate of drug-likeness (QED) is 0.631. The Kier molecular flexibility index (Phi) is 5.17. The summed E-state index contributed by atoms with van der Waals surface area (Å²) in [5.41, 5.74) is 2.21. The second kappa shape index (κ2) is 7.60. The third-order valence-corrected chi connectivity index (χ3v) is 5.84. The third kappa shape index (κ3) is 3.20. The number of H-pyrrole nitrogens is 1. The van der Waals surface area contributed by atoms with Gasteiger partial charge in [0.1, 0.15) is 22.6 Å². The van der Waals surface area contributed by atoms with Crippen molar-refractivity contribution >= 4 is 45.8 Å². The molecule has 0 atom stereocenters. The second-order valence-corrected chi connectivity index (χ2v) is 7.77. The number of rotatable bonds is 4. The number of aromatic amines is 1. The predicted octanol–water partition coefficient (Wildman–Crippen LogP) is 5.21. The fraction of sp³-hybridized carbons (Fsp3) is 0.350. The normalized spacial score (nSPS) is 14.6. The first kappa shape index (κ1) is 19.0. The molecule has 6 nitrogen and oxygen atoms in total. The Morgan fingerprint density at radius 3 is 2.54 bits per heavy atom. The molecule has 1 N–H and O–H groups in total. The molecule has 1 aliphatic carbocycles. The zero-order valence-corrected chi connectivity index (χ0v) is 17.1. The van der Waals surface area contributed by atoms with E-state index in [0.29, 0.717) is 38.5 Å². The summed E-state index contributed by atoms with van der Waals surface area (Å²) >= 11 is 12.5. The number of halogens is 2. The van der Waals surface area contributed by atoms with Crippen molar-refractivity contribution < 1.29 is 9.53 Å². The number of nitrogens with zero attached hydrogens (tertiary/aromatic N) is 3. The molecule has 0 saturated heterocycles. The molecule has 1 amide bonds. The summed E-state index contributed by atoms with van der Waals surface area (Å²) in [6.45, 7) is 0. The van der Waals surface area contributed by atoms with E-state index in [0.717, 1.165) is 24.2 Å².